The van der Waals surface area contributed by atoms with Gasteiger partial charge in [0.25, 0.3) is 17.7 Å². The van der Waals surface area contributed by atoms with Gasteiger partial charge >= 0.3 is 0 Å². The minimum atomic E-state index is -0.757. The molecule has 13 heteroatoms. The maximum absolute atomic E-state index is 16.0. The highest BCUT2D eigenvalue weighted by Gasteiger charge is 2.53. The number of ether oxygens (including phenoxy) is 1. The average Bonchev–Trinajstić information content (AvgIpc) is 3.38. The molecule has 2 fully saturated rings. The second-order valence-electron chi connectivity index (χ2n) is 14.6. The van der Waals surface area contributed by atoms with Crippen LogP contribution in [0, 0.1) is 24.0 Å². The number of hydrogen-bond acceptors (Lipinski definition) is 8. The van der Waals surface area contributed by atoms with Crippen LogP contribution in [0.4, 0.5) is 25.8 Å². The van der Waals surface area contributed by atoms with E-state index in [1.807, 2.05) is 26.0 Å². The van der Waals surface area contributed by atoms with Gasteiger partial charge in [0, 0.05) is 67.0 Å². The third-order valence-electron chi connectivity index (χ3n) is 11.1. The summed E-state index contributed by atoms with van der Waals surface area (Å²) in [5.41, 5.74) is 3.68. The number of allylic oxidation sites excluding steroid dienone is 3. The number of anilines is 3. The number of carbonyl (C=O) groups is 3. The van der Waals surface area contributed by atoms with Crippen LogP contribution in [0.25, 0.3) is 10.6 Å². The van der Waals surface area contributed by atoms with Gasteiger partial charge in [-0.25, -0.2) is 8.78 Å². The van der Waals surface area contributed by atoms with Gasteiger partial charge in [0.1, 0.15) is 22.1 Å². The lowest BCUT2D eigenvalue weighted by Gasteiger charge is -2.59. The molecule has 0 bridgehead atoms. The predicted molar refractivity (Wildman–Crippen MR) is 204 cm³/mol. The second-order valence-corrected chi connectivity index (χ2v) is 15.7. The Hall–Kier alpha value is -5.24. The van der Waals surface area contributed by atoms with Gasteiger partial charge in [0.2, 0.25) is 0 Å². The highest BCUT2D eigenvalue weighted by atomic mass is 32.1. The van der Waals surface area contributed by atoms with E-state index in [0.29, 0.717) is 38.6 Å². The fourth-order valence-electron chi connectivity index (χ4n) is 7.97. The Balaban J connectivity index is 0.985. The van der Waals surface area contributed by atoms with E-state index in [9.17, 15) is 18.8 Å². The molecule has 54 heavy (non-hydrogen) atoms. The molecule has 8 rings (SSSR count). The normalized spacial score (nSPS) is 20.4. The Morgan fingerprint density at radius 2 is 1.70 bits per heavy atom. The summed E-state index contributed by atoms with van der Waals surface area (Å²) < 4.78 is 36.0. The minimum absolute atomic E-state index is 0.00422. The topological polar surface area (TPSA) is 116 Å². The van der Waals surface area contributed by atoms with Crippen molar-refractivity contribution in [3.05, 3.63) is 117 Å². The Bertz CT molecular complexity index is 2220. The van der Waals surface area contributed by atoms with Crippen molar-refractivity contribution in [1.82, 2.24) is 15.2 Å². The molecule has 0 saturated carbocycles. The molecular weight excluding hydrogens is 711 g/mol. The summed E-state index contributed by atoms with van der Waals surface area (Å²) in [5.74, 6) is -2.64. The number of aromatic nitrogens is 1. The maximum atomic E-state index is 16.0. The van der Waals surface area contributed by atoms with Crippen molar-refractivity contribution in [2.24, 2.45) is 5.41 Å². The average molecular weight is 751 g/mol. The number of dihydropyridines is 1. The highest BCUT2D eigenvalue weighted by Crippen LogP contribution is 2.46. The molecule has 6 heterocycles. The molecule has 10 nitrogen and oxygen atoms in total. The minimum Gasteiger partial charge on any atom is -0.381 e. The number of carbonyl (C=O) groups excluding carboxylic acids is 3. The van der Waals surface area contributed by atoms with Crippen LogP contribution in [0.1, 0.15) is 57.8 Å². The summed E-state index contributed by atoms with van der Waals surface area (Å²) in [5, 5.41) is 9.10. The SMILES string of the molecule is CC1=CC=C(C(=O)Nc2ccc(C(=O)N3CCc4c(sc(C(=O)Nc5c(C)cccc5F)c4F)-c4ncccc43)cc2)C(C)(N2CC3(CCOCC3)C2)N1. The Morgan fingerprint density at radius 1 is 0.944 bits per heavy atom. The zero-order valence-electron chi connectivity index (χ0n) is 30.2. The van der Waals surface area contributed by atoms with Gasteiger partial charge in [0.15, 0.2) is 5.82 Å². The molecule has 3 N–H and O–H groups in total. The molecule has 4 aliphatic heterocycles. The van der Waals surface area contributed by atoms with Crippen LogP contribution in [0.3, 0.4) is 0 Å². The van der Waals surface area contributed by atoms with Crippen molar-refractivity contribution in [2.75, 3.05) is 48.4 Å². The second kappa shape index (κ2) is 13.9. The van der Waals surface area contributed by atoms with Gasteiger partial charge < -0.3 is 25.6 Å². The summed E-state index contributed by atoms with van der Waals surface area (Å²) in [6.07, 6.45) is 7.51. The Kier molecular flexibility index (Phi) is 9.19. The third kappa shape index (κ3) is 6.29. The molecule has 2 saturated heterocycles. The molecule has 1 spiro atoms. The molecule has 278 valence electrons. The number of nitrogens with one attached hydrogen (secondary N) is 3. The fraction of sp³-hybridized carbons (Fsp3) is 0.317. The van der Waals surface area contributed by atoms with Crippen LogP contribution >= 0.6 is 11.3 Å². The van der Waals surface area contributed by atoms with E-state index in [4.69, 9.17) is 4.74 Å². The first-order chi connectivity index (χ1) is 26.0. The molecule has 2 aromatic carbocycles. The molecular formula is C41H40F2N6O4S. The number of nitrogens with zero attached hydrogens (tertiary/aromatic N) is 3. The van der Waals surface area contributed by atoms with Gasteiger partial charge in [0.05, 0.1) is 21.8 Å². The van der Waals surface area contributed by atoms with Crippen LogP contribution < -0.4 is 20.9 Å². The molecule has 4 aromatic rings. The van der Waals surface area contributed by atoms with Gasteiger partial charge in [-0.3, -0.25) is 24.3 Å². The zero-order chi connectivity index (χ0) is 37.8. The van der Waals surface area contributed by atoms with Gasteiger partial charge in [-0.2, -0.15) is 0 Å². The lowest BCUT2D eigenvalue weighted by atomic mass is 9.71. The molecule has 3 amide bonds. The first kappa shape index (κ1) is 35.8. The summed E-state index contributed by atoms with van der Waals surface area (Å²) in [6.45, 7) is 9.13. The van der Waals surface area contributed by atoms with Gasteiger partial charge in [-0.05, 0) is 100 Å². The summed E-state index contributed by atoms with van der Waals surface area (Å²) in [6, 6.07) is 14.6. The van der Waals surface area contributed by atoms with E-state index in [1.165, 1.54) is 12.1 Å². The summed E-state index contributed by atoms with van der Waals surface area (Å²) in [4.78, 5) is 49.7. The number of hydrogen-bond donors (Lipinski definition) is 3. The van der Waals surface area contributed by atoms with E-state index >= 15 is 4.39 Å². The fourth-order valence-corrected chi connectivity index (χ4v) is 9.10. The van der Waals surface area contributed by atoms with Gasteiger partial charge in [-0.15, -0.1) is 11.3 Å². The van der Waals surface area contributed by atoms with Gasteiger partial charge in [-0.1, -0.05) is 12.1 Å². The van der Waals surface area contributed by atoms with Crippen LogP contribution in [0.15, 0.2) is 84.2 Å². The lowest BCUT2D eigenvalue weighted by molar-refractivity contribution is -0.128. The van der Waals surface area contributed by atoms with Crippen LogP contribution in [-0.2, 0) is 16.0 Å². The number of para-hydroxylation sites is 1. The van der Waals surface area contributed by atoms with Crippen molar-refractivity contribution in [3.63, 3.8) is 0 Å². The van der Waals surface area contributed by atoms with E-state index in [1.54, 1.807) is 60.5 Å². The molecule has 1 unspecified atom stereocenters. The molecule has 2 aromatic heterocycles. The van der Waals surface area contributed by atoms with Crippen molar-refractivity contribution in [1.29, 1.82) is 0 Å². The van der Waals surface area contributed by atoms with Crippen molar-refractivity contribution < 1.29 is 27.9 Å². The number of halogens is 2. The maximum Gasteiger partial charge on any atom is 0.268 e. The number of benzene rings is 2. The summed E-state index contributed by atoms with van der Waals surface area (Å²) >= 11 is 0.927. The lowest BCUT2D eigenvalue weighted by Crippen LogP contribution is -2.71. The smallest absolute Gasteiger partial charge is 0.268 e. The number of rotatable bonds is 6. The van der Waals surface area contributed by atoms with E-state index in [-0.39, 0.29) is 46.3 Å². The monoisotopic (exact) mass is 750 g/mol. The van der Waals surface area contributed by atoms with Crippen LogP contribution in [0.5, 0.6) is 0 Å². The molecule has 1 atom stereocenters. The number of thiophene rings is 1. The first-order valence-electron chi connectivity index (χ1n) is 18.0. The van der Waals surface area contributed by atoms with E-state index < -0.39 is 23.2 Å². The van der Waals surface area contributed by atoms with Crippen LogP contribution in [-0.4, -0.2) is 66.1 Å². The first-order valence-corrected chi connectivity index (χ1v) is 18.8. The molecule has 0 aliphatic carbocycles. The Morgan fingerprint density at radius 3 is 2.44 bits per heavy atom. The number of likely N-dealkylation sites (tertiary alicyclic amines) is 1. The van der Waals surface area contributed by atoms with Crippen molar-refractivity contribution in [2.45, 2.75) is 45.7 Å². The highest BCUT2D eigenvalue weighted by molar-refractivity contribution is 7.17. The third-order valence-corrected chi connectivity index (χ3v) is 12.3. The van der Waals surface area contributed by atoms with Crippen molar-refractivity contribution >= 4 is 46.1 Å². The van der Waals surface area contributed by atoms with Crippen molar-refractivity contribution in [3.8, 4) is 10.6 Å². The number of aryl methyl sites for hydroxylation is 1. The molecule has 0 radical (unpaired) electrons. The quantitative estimate of drug-likeness (QED) is 0.194. The number of fused-ring (bicyclic) bond motifs is 3. The largest absolute Gasteiger partial charge is 0.381 e. The zero-order valence-corrected chi connectivity index (χ0v) is 31.0. The van der Waals surface area contributed by atoms with Crippen LogP contribution in [0.2, 0.25) is 0 Å². The predicted octanol–water partition coefficient (Wildman–Crippen LogP) is 7.05. The molecule has 4 aliphatic rings. The Labute approximate surface area is 315 Å². The summed E-state index contributed by atoms with van der Waals surface area (Å²) in [7, 11) is 0. The van der Waals surface area contributed by atoms with E-state index in [2.05, 4.69) is 25.8 Å². The number of pyridine rings is 1. The number of amides is 3. The standard InChI is InChI=1S/C41H40F2N6O4S/c1-24-6-4-7-30(42)33(24)46-38(51)36-32(43)28-15-19-49(31-8-5-18-44-34(31)35(28)54-36)39(52)26-10-12-27(13-11-26)45-37(50)29-14-9-25(2)47-40(29,3)48-22-41(23-48)16-20-53-21-17-41/h4-14,18,47H,15-17,19-23H2,1-3H3,(H,45,50)(H,46,51). The van der Waals surface area contributed by atoms with E-state index in [0.717, 1.165) is 56.2 Å².